The third kappa shape index (κ3) is 3.37. The first-order chi connectivity index (χ1) is 12.0. The van der Waals surface area contributed by atoms with Gasteiger partial charge >= 0.3 is 0 Å². The van der Waals surface area contributed by atoms with Crippen LogP contribution in [-0.2, 0) is 23.2 Å². The van der Waals surface area contributed by atoms with Gasteiger partial charge in [0.25, 0.3) is 5.91 Å². The van der Waals surface area contributed by atoms with E-state index >= 15 is 0 Å². The summed E-state index contributed by atoms with van der Waals surface area (Å²) in [7, 11) is 3.55. The van der Waals surface area contributed by atoms with Crippen LogP contribution in [-0.4, -0.2) is 45.1 Å². The number of carbonyl (C=O) groups is 2. The number of para-hydroxylation sites is 1. The van der Waals surface area contributed by atoms with E-state index < -0.39 is 11.9 Å². The molecule has 0 radical (unpaired) electrons. The number of aryl methyl sites for hydroxylation is 1. The summed E-state index contributed by atoms with van der Waals surface area (Å²) in [6, 6.07) is 8.54. The molecule has 8 nitrogen and oxygen atoms in total. The number of hydrogen-bond donors (Lipinski definition) is 1. The minimum absolute atomic E-state index is 0.188. The second-order valence-electron chi connectivity index (χ2n) is 5.96. The lowest BCUT2D eigenvalue weighted by molar-refractivity contribution is -0.123. The molecule has 3 rings (SSSR count). The summed E-state index contributed by atoms with van der Waals surface area (Å²) in [5, 5.41) is 5.88. The molecule has 2 aromatic rings. The zero-order valence-electron chi connectivity index (χ0n) is 14.2. The minimum atomic E-state index is -0.664. The Morgan fingerprint density at radius 2 is 2.04 bits per heavy atom. The summed E-state index contributed by atoms with van der Waals surface area (Å²) in [5.41, 5.74) is 6.53. The molecule has 8 heteroatoms. The average molecular weight is 340 g/mol. The van der Waals surface area contributed by atoms with Crippen LogP contribution in [0, 0.1) is 0 Å². The second kappa shape index (κ2) is 6.76. The van der Waals surface area contributed by atoms with Gasteiger partial charge in [0.05, 0.1) is 12.2 Å². The normalized spacial score (nSPS) is 16.6. The molecule has 1 aliphatic heterocycles. The molecule has 0 unspecified atom stereocenters. The zero-order chi connectivity index (χ0) is 18.0. The van der Waals surface area contributed by atoms with E-state index in [4.69, 9.17) is 5.73 Å². The Bertz CT molecular complexity index is 814. The van der Waals surface area contributed by atoms with E-state index in [0.29, 0.717) is 12.3 Å². The summed E-state index contributed by atoms with van der Waals surface area (Å²) < 4.78 is 1.85. The first-order valence-electron chi connectivity index (χ1n) is 7.90. The van der Waals surface area contributed by atoms with E-state index in [9.17, 15) is 9.59 Å². The molecule has 0 bridgehead atoms. The maximum atomic E-state index is 12.7. The standard InChI is InChI=1S/C17H20N6O2/c1-21-9-8-19-15(21)11-22(2)17(25)13-10-14(16(18)24)23(20-13)12-6-4-3-5-7-12/h3-9,14H,10-11H2,1-2H3,(H2,18,24)/t14-/m0/s1. The van der Waals surface area contributed by atoms with Crippen LogP contribution in [0.3, 0.4) is 0 Å². The van der Waals surface area contributed by atoms with Crippen LogP contribution in [0.15, 0.2) is 47.8 Å². The number of benzene rings is 1. The van der Waals surface area contributed by atoms with E-state index in [1.165, 1.54) is 9.91 Å². The van der Waals surface area contributed by atoms with Crippen molar-refractivity contribution in [2.45, 2.75) is 19.0 Å². The van der Waals surface area contributed by atoms with Crippen LogP contribution < -0.4 is 10.7 Å². The minimum Gasteiger partial charge on any atom is -0.368 e. The largest absolute Gasteiger partial charge is 0.368 e. The van der Waals surface area contributed by atoms with E-state index in [1.54, 1.807) is 13.2 Å². The summed E-state index contributed by atoms with van der Waals surface area (Å²) in [4.78, 5) is 30.3. The number of anilines is 1. The van der Waals surface area contributed by atoms with Crippen molar-refractivity contribution in [2.24, 2.45) is 17.9 Å². The number of primary amides is 1. The van der Waals surface area contributed by atoms with Gasteiger partial charge < -0.3 is 15.2 Å². The summed E-state index contributed by atoms with van der Waals surface area (Å²) >= 11 is 0. The van der Waals surface area contributed by atoms with E-state index in [2.05, 4.69) is 10.1 Å². The topological polar surface area (TPSA) is 96.8 Å². The monoisotopic (exact) mass is 340 g/mol. The van der Waals surface area contributed by atoms with Crippen LogP contribution >= 0.6 is 0 Å². The maximum absolute atomic E-state index is 12.7. The van der Waals surface area contributed by atoms with Gasteiger partial charge in [-0.25, -0.2) is 4.98 Å². The molecule has 0 spiro atoms. The Hall–Kier alpha value is -3.16. The molecule has 1 atom stereocenters. The fourth-order valence-corrected chi connectivity index (χ4v) is 2.73. The van der Waals surface area contributed by atoms with Gasteiger partial charge in [0.2, 0.25) is 5.91 Å². The number of nitrogens with two attached hydrogens (primary N) is 1. The third-order valence-electron chi connectivity index (χ3n) is 4.15. The molecule has 25 heavy (non-hydrogen) atoms. The third-order valence-corrected chi connectivity index (χ3v) is 4.15. The van der Waals surface area contributed by atoms with E-state index in [-0.39, 0.29) is 12.3 Å². The fourth-order valence-electron chi connectivity index (χ4n) is 2.73. The SMILES string of the molecule is CN(Cc1nccn1C)C(=O)C1=NN(c2ccccc2)[C@H](C(N)=O)C1. The van der Waals surface area contributed by atoms with Crippen LogP contribution in [0.5, 0.6) is 0 Å². The Morgan fingerprint density at radius 1 is 1.32 bits per heavy atom. The van der Waals surface area contributed by atoms with E-state index in [1.807, 2.05) is 48.1 Å². The highest BCUT2D eigenvalue weighted by molar-refractivity contribution is 6.40. The Morgan fingerprint density at radius 3 is 2.64 bits per heavy atom. The van der Waals surface area contributed by atoms with Gasteiger partial charge in [-0.1, -0.05) is 18.2 Å². The Labute approximate surface area is 145 Å². The predicted molar refractivity (Wildman–Crippen MR) is 93.6 cm³/mol. The summed E-state index contributed by atoms with van der Waals surface area (Å²) in [5.74, 6) is 0.00986. The van der Waals surface area contributed by atoms with Gasteiger partial charge in [-0.3, -0.25) is 14.6 Å². The van der Waals surface area contributed by atoms with Gasteiger partial charge in [0.15, 0.2) is 0 Å². The lowest BCUT2D eigenvalue weighted by Gasteiger charge is -2.20. The Kier molecular flexibility index (Phi) is 4.51. The summed E-state index contributed by atoms with van der Waals surface area (Å²) in [6.45, 7) is 0.355. The van der Waals surface area contributed by atoms with Gasteiger partial charge in [0.1, 0.15) is 17.6 Å². The van der Waals surface area contributed by atoms with Gasteiger partial charge in [-0.2, -0.15) is 5.10 Å². The first kappa shape index (κ1) is 16.7. The van der Waals surface area contributed by atoms with E-state index in [0.717, 1.165) is 11.5 Å². The average Bonchev–Trinajstić information content (AvgIpc) is 3.22. The van der Waals surface area contributed by atoms with Crippen LogP contribution in [0.4, 0.5) is 5.69 Å². The summed E-state index contributed by atoms with van der Waals surface area (Å²) in [6.07, 6.45) is 3.69. The number of carbonyl (C=O) groups excluding carboxylic acids is 2. The highest BCUT2D eigenvalue weighted by Gasteiger charge is 2.36. The molecule has 2 N–H and O–H groups in total. The van der Waals surface area contributed by atoms with Gasteiger partial charge in [-0.05, 0) is 12.1 Å². The maximum Gasteiger partial charge on any atom is 0.270 e. The molecule has 1 aliphatic rings. The molecule has 1 aromatic heterocycles. The van der Waals surface area contributed by atoms with Crippen molar-refractivity contribution in [2.75, 3.05) is 12.1 Å². The number of hydrogen-bond acceptors (Lipinski definition) is 5. The molecule has 2 amide bonds. The molecule has 0 saturated heterocycles. The zero-order valence-corrected chi connectivity index (χ0v) is 14.2. The number of nitrogens with zero attached hydrogens (tertiary/aromatic N) is 5. The Balaban J connectivity index is 1.80. The van der Waals surface area contributed by atoms with Crippen molar-refractivity contribution in [3.05, 3.63) is 48.5 Å². The van der Waals surface area contributed by atoms with Crippen molar-refractivity contribution in [3.8, 4) is 0 Å². The lowest BCUT2D eigenvalue weighted by atomic mass is 10.1. The molecule has 1 aromatic carbocycles. The highest BCUT2D eigenvalue weighted by atomic mass is 16.2. The first-order valence-corrected chi connectivity index (χ1v) is 7.90. The second-order valence-corrected chi connectivity index (χ2v) is 5.96. The highest BCUT2D eigenvalue weighted by Crippen LogP contribution is 2.24. The quantitative estimate of drug-likeness (QED) is 0.857. The molecular weight excluding hydrogens is 320 g/mol. The van der Waals surface area contributed by atoms with Gasteiger partial charge in [0, 0.05) is 32.9 Å². The molecular formula is C17H20N6O2. The molecule has 130 valence electrons. The van der Waals surface area contributed by atoms with Crippen molar-refractivity contribution < 1.29 is 9.59 Å². The molecule has 0 aliphatic carbocycles. The number of amides is 2. The van der Waals surface area contributed by atoms with Crippen molar-refractivity contribution in [1.82, 2.24) is 14.5 Å². The number of hydrazone groups is 1. The van der Waals surface area contributed by atoms with Crippen molar-refractivity contribution in [1.29, 1.82) is 0 Å². The molecule has 0 saturated carbocycles. The van der Waals surface area contributed by atoms with Gasteiger partial charge in [-0.15, -0.1) is 0 Å². The molecule has 2 heterocycles. The number of aromatic nitrogens is 2. The predicted octanol–water partition coefficient (Wildman–Crippen LogP) is 0.499. The smallest absolute Gasteiger partial charge is 0.270 e. The van der Waals surface area contributed by atoms with Crippen molar-refractivity contribution in [3.63, 3.8) is 0 Å². The van der Waals surface area contributed by atoms with Crippen molar-refractivity contribution >= 4 is 23.2 Å². The fraction of sp³-hybridized carbons (Fsp3) is 0.294. The van der Waals surface area contributed by atoms with Crippen LogP contribution in [0.2, 0.25) is 0 Å². The molecule has 0 fully saturated rings. The number of imidazole rings is 1. The van der Waals surface area contributed by atoms with Crippen LogP contribution in [0.25, 0.3) is 0 Å². The lowest BCUT2D eigenvalue weighted by Crippen LogP contribution is -2.40. The number of rotatable bonds is 5. The van der Waals surface area contributed by atoms with Crippen LogP contribution in [0.1, 0.15) is 12.2 Å².